The standard InChI is InChI=1S/C27H28ClFN4O5/c1-13(31-27(37)38)26(36)33-18-6-4-17(5-7-18)32-24-19-9-15(16-10-21(28)25(35)22(29)11-16)3-8-23(19)30-12-20(24)14(2)34/h3,8-13,17-18,31,35H,4-7H2,1-2H3,(H,30,32)(H,33,36)(H,37,38). The second-order valence-corrected chi connectivity index (χ2v) is 9.90. The van der Waals surface area contributed by atoms with Crippen molar-refractivity contribution in [2.24, 2.45) is 0 Å². The summed E-state index contributed by atoms with van der Waals surface area (Å²) in [6.45, 7) is 2.95. The highest BCUT2D eigenvalue weighted by Gasteiger charge is 2.26. The molecule has 1 fully saturated rings. The van der Waals surface area contributed by atoms with Gasteiger partial charge in [-0.15, -0.1) is 0 Å². The van der Waals surface area contributed by atoms with Crippen LogP contribution < -0.4 is 16.0 Å². The first-order valence-electron chi connectivity index (χ1n) is 12.2. The quantitative estimate of drug-likeness (QED) is 0.262. The van der Waals surface area contributed by atoms with Crippen molar-refractivity contribution in [3.05, 3.63) is 52.9 Å². The average Bonchev–Trinajstić information content (AvgIpc) is 2.87. The van der Waals surface area contributed by atoms with Crippen molar-refractivity contribution in [1.29, 1.82) is 0 Å². The first-order chi connectivity index (χ1) is 18.0. The largest absolute Gasteiger partial charge is 0.504 e. The molecule has 2 aromatic carbocycles. The van der Waals surface area contributed by atoms with Crippen molar-refractivity contribution < 1.29 is 29.0 Å². The Morgan fingerprint density at radius 1 is 1.08 bits per heavy atom. The van der Waals surface area contributed by atoms with Crippen LogP contribution in [0.2, 0.25) is 5.02 Å². The van der Waals surface area contributed by atoms with Crippen LogP contribution in [0.15, 0.2) is 36.5 Å². The number of hydrogen-bond acceptors (Lipinski definition) is 6. The third-order valence-corrected chi connectivity index (χ3v) is 7.04. The van der Waals surface area contributed by atoms with Crippen molar-refractivity contribution in [3.8, 4) is 16.9 Å². The zero-order valence-corrected chi connectivity index (χ0v) is 21.6. The van der Waals surface area contributed by atoms with E-state index in [4.69, 9.17) is 16.7 Å². The molecule has 0 bridgehead atoms. The van der Waals surface area contributed by atoms with E-state index in [1.807, 2.05) is 6.07 Å². The fourth-order valence-corrected chi connectivity index (χ4v) is 4.90. The molecule has 1 aliphatic rings. The van der Waals surface area contributed by atoms with E-state index in [0.717, 1.165) is 0 Å². The Bertz CT molecular complexity index is 1380. The van der Waals surface area contributed by atoms with Crippen LogP contribution in [0.5, 0.6) is 5.75 Å². The number of phenols is 1. The lowest BCUT2D eigenvalue weighted by Crippen LogP contribution is -2.49. The number of halogens is 2. The van der Waals surface area contributed by atoms with Gasteiger partial charge in [-0.3, -0.25) is 14.6 Å². The Morgan fingerprint density at radius 3 is 2.39 bits per heavy atom. The lowest BCUT2D eigenvalue weighted by molar-refractivity contribution is -0.123. The Kier molecular flexibility index (Phi) is 8.01. The van der Waals surface area contributed by atoms with Crippen LogP contribution in [0.3, 0.4) is 0 Å². The van der Waals surface area contributed by atoms with Crippen molar-refractivity contribution >= 4 is 46.0 Å². The van der Waals surface area contributed by atoms with Gasteiger partial charge >= 0.3 is 6.09 Å². The molecule has 0 radical (unpaired) electrons. The number of Topliss-reactive ketones (excluding diaryl/α,β-unsaturated/α-hetero) is 1. The van der Waals surface area contributed by atoms with E-state index in [1.54, 1.807) is 12.1 Å². The monoisotopic (exact) mass is 542 g/mol. The molecule has 1 aromatic heterocycles. The Hall–Kier alpha value is -3.92. The zero-order chi connectivity index (χ0) is 27.6. The summed E-state index contributed by atoms with van der Waals surface area (Å²) < 4.78 is 14.1. The lowest BCUT2D eigenvalue weighted by Gasteiger charge is -2.31. The minimum absolute atomic E-state index is 0.0191. The Morgan fingerprint density at radius 2 is 1.76 bits per heavy atom. The van der Waals surface area contributed by atoms with Crippen molar-refractivity contribution in [1.82, 2.24) is 15.6 Å². The van der Waals surface area contributed by atoms with E-state index in [0.29, 0.717) is 59.0 Å². The van der Waals surface area contributed by atoms with Crippen LogP contribution in [0, 0.1) is 5.82 Å². The number of ketones is 1. The highest BCUT2D eigenvalue weighted by atomic mass is 35.5. The van der Waals surface area contributed by atoms with Gasteiger partial charge in [-0.1, -0.05) is 17.7 Å². The Labute approximate surface area is 223 Å². The summed E-state index contributed by atoms with van der Waals surface area (Å²) in [6.07, 6.45) is 3.06. The van der Waals surface area contributed by atoms with Crippen LogP contribution in [-0.2, 0) is 4.79 Å². The van der Waals surface area contributed by atoms with Crippen molar-refractivity contribution in [2.75, 3.05) is 5.32 Å². The van der Waals surface area contributed by atoms with E-state index in [1.165, 1.54) is 32.2 Å². The van der Waals surface area contributed by atoms with Crippen molar-refractivity contribution in [3.63, 3.8) is 0 Å². The molecule has 11 heteroatoms. The molecule has 1 aliphatic carbocycles. The molecular weight excluding hydrogens is 515 g/mol. The highest BCUT2D eigenvalue weighted by molar-refractivity contribution is 6.32. The fraction of sp³-hybridized carbons (Fsp3) is 0.333. The fourth-order valence-electron chi connectivity index (χ4n) is 4.69. The van der Waals surface area contributed by atoms with E-state index < -0.39 is 23.7 Å². The predicted octanol–water partition coefficient (Wildman–Crippen LogP) is 5.10. The molecule has 5 N–H and O–H groups in total. The van der Waals surface area contributed by atoms with E-state index in [9.17, 15) is 23.9 Å². The van der Waals surface area contributed by atoms with Crippen LogP contribution >= 0.6 is 11.6 Å². The topological polar surface area (TPSA) is 141 Å². The highest BCUT2D eigenvalue weighted by Crippen LogP contribution is 2.36. The van der Waals surface area contributed by atoms with Gasteiger partial charge in [-0.2, -0.15) is 0 Å². The summed E-state index contributed by atoms with van der Waals surface area (Å²) >= 11 is 5.98. The van der Waals surface area contributed by atoms with E-state index in [2.05, 4.69) is 20.9 Å². The van der Waals surface area contributed by atoms with Gasteiger partial charge < -0.3 is 26.2 Å². The smallest absolute Gasteiger partial charge is 0.405 e. The first kappa shape index (κ1) is 27.1. The van der Waals surface area contributed by atoms with Crippen molar-refractivity contribution in [2.45, 2.75) is 57.7 Å². The van der Waals surface area contributed by atoms with Gasteiger partial charge in [0.05, 0.1) is 21.8 Å². The molecule has 1 heterocycles. The lowest BCUT2D eigenvalue weighted by atomic mass is 9.90. The maximum atomic E-state index is 14.1. The molecule has 0 spiro atoms. The average molecular weight is 543 g/mol. The molecule has 1 unspecified atom stereocenters. The number of carbonyl (C=O) groups excluding carboxylic acids is 2. The Balaban J connectivity index is 1.56. The minimum atomic E-state index is -1.26. The molecule has 0 saturated heterocycles. The van der Waals surface area contributed by atoms with Gasteiger partial charge in [0, 0.05) is 23.7 Å². The van der Waals surface area contributed by atoms with Crippen LogP contribution in [0.25, 0.3) is 22.0 Å². The molecular formula is C27H28ClFN4O5. The number of nitrogens with zero attached hydrogens (tertiary/aromatic N) is 1. The van der Waals surface area contributed by atoms with Gasteiger partial charge in [0.2, 0.25) is 5.91 Å². The number of pyridine rings is 1. The number of carboxylic acid groups (broad SMARTS) is 1. The van der Waals surface area contributed by atoms with Crippen LogP contribution in [0.4, 0.5) is 14.9 Å². The van der Waals surface area contributed by atoms with Gasteiger partial charge in [-0.25, -0.2) is 9.18 Å². The molecule has 4 rings (SSSR count). The number of aromatic nitrogens is 1. The number of nitrogens with one attached hydrogen (secondary N) is 3. The van der Waals surface area contributed by atoms with Crippen LogP contribution in [-0.4, -0.2) is 51.1 Å². The third kappa shape index (κ3) is 5.96. The SMILES string of the molecule is CC(=O)c1cnc2ccc(-c3cc(F)c(O)c(Cl)c3)cc2c1NC1CCC(NC(=O)C(C)NC(=O)O)CC1. The number of aromatic hydroxyl groups is 1. The normalized spacial score (nSPS) is 18.0. The number of carbonyl (C=O) groups is 3. The third-order valence-electron chi connectivity index (χ3n) is 6.75. The number of hydrogen-bond donors (Lipinski definition) is 5. The second kappa shape index (κ2) is 11.2. The number of phenolic OH excluding ortho intramolecular Hbond substituents is 1. The van der Waals surface area contributed by atoms with E-state index >= 15 is 0 Å². The zero-order valence-electron chi connectivity index (χ0n) is 20.8. The molecule has 1 atom stereocenters. The summed E-state index contributed by atoms with van der Waals surface area (Å²) in [7, 11) is 0. The molecule has 38 heavy (non-hydrogen) atoms. The predicted molar refractivity (Wildman–Crippen MR) is 142 cm³/mol. The summed E-state index contributed by atoms with van der Waals surface area (Å²) in [5.74, 6) is -1.98. The molecule has 0 aliphatic heterocycles. The summed E-state index contributed by atoms with van der Waals surface area (Å²) in [5.41, 5.74) is 2.80. The van der Waals surface area contributed by atoms with Crippen LogP contribution in [0.1, 0.15) is 49.9 Å². The van der Waals surface area contributed by atoms with Gasteiger partial charge in [0.1, 0.15) is 6.04 Å². The summed E-state index contributed by atoms with van der Waals surface area (Å²) in [5, 5.41) is 27.6. The van der Waals surface area contributed by atoms with Gasteiger partial charge in [-0.05, 0) is 74.9 Å². The van der Waals surface area contributed by atoms with Gasteiger partial charge in [0.25, 0.3) is 0 Å². The molecule has 2 amide bonds. The first-order valence-corrected chi connectivity index (χ1v) is 12.6. The summed E-state index contributed by atoms with van der Waals surface area (Å²) in [6, 6.07) is 7.10. The summed E-state index contributed by atoms with van der Waals surface area (Å²) in [4.78, 5) is 39.9. The number of rotatable bonds is 7. The van der Waals surface area contributed by atoms with Gasteiger partial charge in [0.15, 0.2) is 17.3 Å². The number of amides is 2. The van der Waals surface area contributed by atoms with E-state index in [-0.39, 0.29) is 28.8 Å². The molecule has 1 saturated carbocycles. The number of fused-ring (bicyclic) bond motifs is 1. The molecule has 200 valence electrons. The second-order valence-electron chi connectivity index (χ2n) is 9.50. The minimum Gasteiger partial charge on any atom is -0.504 e. The number of benzene rings is 2. The number of anilines is 1. The molecule has 3 aromatic rings. The molecule has 9 nitrogen and oxygen atoms in total. The maximum Gasteiger partial charge on any atom is 0.405 e. The maximum absolute atomic E-state index is 14.1.